The highest BCUT2D eigenvalue weighted by molar-refractivity contribution is 5.97. The first-order chi connectivity index (χ1) is 11.8. The molecule has 5 nitrogen and oxygen atoms in total. The number of rotatable bonds is 5. The normalized spacial score (nSPS) is 11.6. The second-order valence-corrected chi connectivity index (χ2v) is 5.70. The van der Waals surface area contributed by atoms with Gasteiger partial charge in [0.2, 0.25) is 0 Å². The van der Waals surface area contributed by atoms with E-state index in [0.717, 1.165) is 17.2 Å². The number of ether oxygens (including phenoxy) is 2. The number of carbonyl (C=O) groups excluding carboxylic acids is 2. The van der Waals surface area contributed by atoms with Crippen molar-refractivity contribution in [3.05, 3.63) is 58.9 Å². The summed E-state index contributed by atoms with van der Waals surface area (Å²) in [6.07, 6.45) is -1.03. The molecule has 0 spiro atoms. The van der Waals surface area contributed by atoms with Crippen LogP contribution in [-0.4, -0.2) is 25.1 Å². The molecule has 0 saturated heterocycles. The number of aryl methyl sites for hydroxylation is 2. The zero-order valence-electron chi connectivity index (χ0n) is 14.6. The molecule has 0 saturated carbocycles. The van der Waals surface area contributed by atoms with Gasteiger partial charge in [0.15, 0.2) is 17.7 Å². The van der Waals surface area contributed by atoms with Crippen molar-refractivity contribution < 1.29 is 23.5 Å². The average molecular weight is 345 g/mol. The minimum Gasteiger partial charge on any atom is -0.494 e. The molecule has 1 atom stereocenters. The molecule has 0 fully saturated rings. The lowest BCUT2D eigenvalue weighted by Gasteiger charge is -2.15. The first-order valence-corrected chi connectivity index (χ1v) is 7.74. The lowest BCUT2D eigenvalue weighted by Crippen LogP contribution is -2.30. The summed E-state index contributed by atoms with van der Waals surface area (Å²) < 4.78 is 23.6. The third kappa shape index (κ3) is 4.56. The summed E-state index contributed by atoms with van der Waals surface area (Å²) in [6, 6.07) is 9.31. The number of hydrogen-bond acceptors (Lipinski definition) is 4. The minimum absolute atomic E-state index is 0.00414. The van der Waals surface area contributed by atoms with Gasteiger partial charge in [0, 0.05) is 5.69 Å². The number of methoxy groups -OCH3 is 1. The summed E-state index contributed by atoms with van der Waals surface area (Å²) >= 11 is 0. The highest BCUT2D eigenvalue weighted by atomic mass is 19.1. The maximum absolute atomic E-state index is 13.7. The van der Waals surface area contributed by atoms with Gasteiger partial charge < -0.3 is 14.8 Å². The molecule has 132 valence electrons. The Labute approximate surface area is 145 Å². The first-order valence-electron chi connectivity index (χ1n) is 7.74. The van der Waals surface area contributed by atoms with Crippen LogP contribution in [0.25, 0.3) is 0 Å². The number of hydrogen-bond donors (Lipinski definition) is 1. The second kappa shape index (κ2) is 7.79. The summed E-state index contributed by atoms with van der Waals surface area (Å²) in [5, 5.41) is 2.71. The van der Waals surface area contributed by atoms with Crippen LogP contribution in [0, 0.1) is 19.7 Å². The average Bonchev–Trinajstić information content (AvgIpc) is 2.57. The Morgan fingerprint density at radius 1 is 1.12 bits per heavy atom. The zero-order chi connectivity index (χ0) is 18.6. The van der Waals surface area contributed by atoms with Crippen molar-refractivity contribution in [3.8, 4) is 5.75 Å². The highest BCUT2D eigenvalue weighted by Crippen LogP contribution is 2.19. The zero-order valence-corrected chi connectivity index (χ0v) is 14.6. The molecule has 0 aliphatic heterocycles. The molecule has 2 rings (SSSR count). The molecule has 0 radical (unpaired) electrons. The van der Waals surface area contributed by atoms with Gasteiger partial charge in [-0.25, -0.2) is 9.18 Å². The van der Waals surface area contributed by atoms with Crippen LogP contribution in [0.5, 0.6) is 5.75 Å². The van der Waals surface area contributed by atoms with Crippen molar-refractivity contribution in [1.29, 1.82) is 0 Å². The topological polar surface area (TPSA) is 64.6 Å². The monoisotopic (exact) mass is 345 g/mol. The lowest BCUT2D eigenvalue weighted by atomic mass is 10.1. The second-order valence-electron chi connectivity index (χ2n) is 5.70. The van der Waals surface area contributed by atoms with Gasteiger partial charge in [-0.2, -0.15) is 0 Å². The molecular weight excluding hydrogens is 325 g/mol. The molecule has 1 N–H and O–H groups in total. The summed E-state index contributed by atoms with van der Waals surface area (Å²) in [7, 11) is 1.33. The van der Waals surface area contributed by atoms with E-state index >= 15 is 0 Å². The first kappa shape index (κ1) is 18.4. The molecule has 0 aliphatic rings. The molecule has 2 aromatic rings. The summed E-state index contributed by atoms with van der Waals surface area (Å²) in [5.74, 6) is -1.90. The van der Waals surface area contributed by atoms with E-state index in [0.29, 0.717) is 5.69 Å². The van der Waals surface area contributed by atoms with Gasteiger partial charge in [-0.15, -0.1) is 0 Å². The van der Waals surface area contributed by atoms with Gasteiger partial charge in [-0.1, -0.05) is 17.7 Å². The van der Waals surface area contributed by atoms with Crippen molar-refractivity contribution in [2.75, 3.05) is 12.4 Å². The smallest absolute Gasteiger partial charge is 0.339 e. The van der Waals surface area contributed by atoms with E-state index < -0.39 is 23.8 Å². The number of anilines is 1. The Balaban J connectivity index is 2.02. The van der Waals surface area contributed by atoms with Crippen LogP contribution in [0.2, 0.25) is 0 Å². The van der Waals surface area contributed by atoms with Crippen LogP contribution in [0.3, 0.4) is 0 Å². The fourth-order valence-corrected chi connectivity index (χ4v) is 2.26. The fraction of sp³-hybridized carbons (Fsp3) is 0.263. The maximum atomic E-state index is 13.7. The third-order valence-electron chi connectivity index (χ3n) is 3.68. The third-order valence-corrected chi connectivity index (χ3v) is 3.68. The van der Waals surface area contributed by atoms with E-state index in [2.05, 4.69) is 5.32 Å². The van der Waals surface area contributed by atoms with Crippen molar-refractivity contribution in [2.24, 2.45) is 0 Å². The molecule has 1 amide bonds. The number of esters is 1. The van der Waals surface area contributed by atoms with E-state index in [4.69, 9.17) is 9.47 Å². The van der Waals surface area contributed by atoms with Crippen LogP contribution < -0.4 is 10.1 Å². The van der Waals surface area contributed by atoms with Gasteiger partial charge >= 0.3 is 5.97 Å². The van der Waals surface area contributed by atoms with Gasteiger partial charge in [0.05, 0.1) is 12.7 Å². The molecule has 0 bridgehead atoms. The largest absolute Gasteiger partial charge is 0.494 e. The predicted molar refractivity (Wildman–Crippen MR) is 92.4 cm³/mol. The van der Waals surface area contributed by atoms with E-state index in [1.165, 1.54) is 26.2 Å². The van der Waals surface area contributed by atoms with Crippen molar-refractivity contribution in [3.63, 3.8) is 0 Å². The Morgan fingerprint density at radius 3 is 2.44 bits per heavy atom. The molecule has 0 aromatic heterocycles. The molecule has 0 unspecified atom stereocenters. The van der Waals surface area contributed by atoms with Gasteiger partial charge in [-0.05, 0) is 50.6 Å². The molecule has 0 aliphatic carbocycles. The molecule has 2 aromatic carbocycles. The van der Waals surface area contributed by atoms with Crippen molar-refractivity contribution >= 4 is 17.6 Å². The summed E-state index contributed by atoms with van der Waals surface area (Å²) in [6.45, 7) is 5.28. The number of halogens is 1. The summed E-state index contributed by atoms with van der Waals surface area (Å²) in [4.78, 5) is 24.3. The van der Waals surface area contributed by atoms with E-state index in [-0.39, 0.29) is 11.3 Å². The predicted octanol–water partition coefficient (Wildman–Crippen LogP) is 3.64. The van der Waals surface area contributed by atoms with Gasteiger partial charge in [0.25, 0.3) is 5.91 Å². The SMILES string of the molecule is COc1ccc(C(=O)O[C@@H](C)C(=O)Nc2ccc(C)cc2C)cc1F. The van der Waals surface area contributed by atoms with Gasteiger partial charge in [-0.3, -0.25) is 4.79 Å². The van der Waals surface area contributed by atoms with Gasteiger partial charge in [0.1, 0.15) is 0 Å². The number of benzene rings is 2. The van der Waals surface area contributed by atoms with Crippen LogP contribution in [-0.2, 0) is 9.53 Å². The molecule has 6 heteroatoms. The Kier molecular flexibility index (Phi) is 5.75. The van der Waals surface area contributed by atoms with E-state index in [9.17, 15) is 14.0 Å². The minimum atomic E-state index is -1.03. The number of nitrogens with one attached hydrogen (secondary N) is 1. The number of amides is 1. The molecule has 25 heavy (non-hydrogen) atoms. The summed E-state index contributed by atoms with van der Waals surface area (Å²) in [5.41, 5.74) is 2.64. The number of carbonyl (C=O) groups is 2. The van der Waals surface area contributed by atoms with E-state index in [1.54, 1.807) is 6.07 Å². The van der Waals surface area contributed by atoms with Crippen molar-refractivity contribution in [1.82, 2.24) is 0 Å². The van der Waals surface area contributed by atoms with E-state index in [1.807, 2.05) is 26.0 Å². The molecule has 0 heterocycles. The Hall–Kier alpha value is -2.89. The standard InChI is InChI=1S/C19H20FNO4/c1-11-5-7-16(12(2)9-11)21-18(22)13(3)25-19(23)14-6-8-17(24-4)15(20)10-14/h5-10,13H,1-4H3,(H,21,22)/t13-/m0/s1. The van der Waals surface area contributed by atoms with Crippen LogP contribution in [0.15, 0.2) is 36.4 Å². The quantitative estimate of drug-likeness (QED) is 0.841. The van der Waals surface area contributed by atoms with Crippen LogP contribution >= 0.6 is 0 Å². The Bertz CT molecular complexity index is 804. The fourth-order valence-electron chi connectivity index (χ4n) is 2.26. The maximum Gasteiger partial charge on any atom is 0.339 e. The van der Waals surface area contributed by atoms with Crippen LogP contribution in [0.4, 0.5) is 10.1 Å². The lowest BCUT2D eigenvalue weighted by molar-refractivity contribution is -0.123. The Morgan fingerprint density at radius 2 is 1.84 bits per heavy atom. The molecular formula is C19H20FNO4. The van der Waals surface area contributed by atoms with Crippen molar-refractivity contribution in [2.45, 2.75) is 26.9 Å². The highest BCUT2D eigenvalue weighted by Gasteiger charge is 2.20. The van der Waals surface area contributed by atoms with Crippen LogP contribution in [0.1, 0.15) is 28.4 Å².